The maximum Gasteiger partial charge on any atom is 0.258 e. The highest BCUT2D eigenvalue weighted by Gasteiger charge is 2.11. The summed E-state index contributed by atoms with van der Waals surface area (Å²) in [4.78, 5) is 11.5. The molecule has 18 heavy (non-hydrogen) atoms. The van der Waals surface area contributed by atoms with Crippen LogP contribution >= 0.6 is 11.6 Å². The molecule has 1 N–H and O–H groups in total. The van der Waals surface area contributed by atoms with E-state index in [0.29, 0.717) is 5.92 Å². The van der Waals surface area contributed by atoms with Crippen molar-refractivity contribution in [3.05, 3.63) is 29.0 Å². The highest BCUT2D eigenvalue weighted by molar-refractivity contribution is 6.30. The number of carbonyl (C=O) groups is 1. The molecule has 5 heteroatoms. The first-order valence-corrected chi connectivity index (χ1v) is 6.15. The first-order valence-electron chi connectivity index (χ1n) is 5.77. The van der Waals surface area contributed by atoms with E-state index in [1.54, 1.807) is 0 Å². The Morgan fingerprint density at radius 3 is 2.67 bits per heavy atom. The van der Waals surface area contributed by atoms with Crippen molar-refractivity contribution in [1.29, 1.82) is 0 Å². The van der Waals surface area contributed by atoms with E-state index < -0.39 is 5.82 Å². The molecule has 3 nitrogen and oxygen atoms in total. The fourth-order valence-electron chi connectivity index (χ4n) is 1.18. The Morgan fingerprint density at radius 2 is 2.11 bits per heavy atom. The maximum atomic E-state index is 13.1. The zero-order valence-corrected chi connectivity index (χ0v) is 11.4. The van der Waals surface area contributed by atoms with Crippen LogP contribution in [-0.2, 0) is 4.79 Å². The number of hydrogen-bond donors (Lipinski definition) is 1. The molecular weight excluding hydrogens is 257 g/mol. The quantitative estimate of drug-likeness (QED) is 0.896. The first kappa shape index (κ1) is 14.8. The Bertz CT molecular complexity index is 423. The summed E-state index contributed by atoms with van der Waals surface area (Å²) in [5, 5.41) is 2.82. The Kier molecular flexibility index (Phi) is 5.41. The smallest absolute Gasteiger partial charge is 0.258 e. The van der Waals surface area contributed by atoms with Crippen LogP contribution in [0.1, 0.15) is 20.8 Å². The molecule has 0 aliphatic heterocycles. The monoisotopic (exact) mass is 273 g/mol. The largest absolute Gasteiger partial charge is 0.484 e. The lowest BCUT2D eigenvalue weighted by atomic mass is 10.1. The third-order valence-corrected chi connectivity index (χ3v) is 2.96. The molecule has 1 atom stereocenters. The third-order valence-electron chi connectivity index (χ3n) is 2.65. The molecule has 1 rings (SSSR count). The van der Waals surface area contributed by atoms with Crippen LogP contribution in [0.2, 0.25) is 5.02 Å². The fourth-order valence-corrected chi connectivity index (χ4v) is 1.30. The second kappa shape index (κ2) is 6.59. The van der Waals surface area contributed by atoms with E-state index in [-0.39, 0.29) is 29.3 Å². The molecule has 0 fully saturated rings. The van der Waals surface area contributed by atoms with Crippen molar-refractivity contribution in [2.75, 3.05) is 6.61 Å². The van der Waals surface area contributed by atoms with Gasteiger partial charge in [0, 0.05) is 12.1 Å². The van der Waals surface area contributed by atoms with E-state index in [9.17, 15) is 9.18 Å². The van der Waals surface area contributed by atoms with Crippen LogP contribution in [-0.4, -0.2) is 18.6 Å². The molecule has 0 bridgehead atoms. The lowest BCUT2D eigenvalue weighted by molar-refractivity contribution is -0.124. The van der Waals surface area contributed by atoms with Gasteiger partial charge in [0.05, 0.1) is 5.02 Å². The average Bonchev–Trinajstić information content (AvgIpc) is 2.30. The second-order valence-corrected chi connectivity index (χ2v) is 4.87. The van der Waals surface area contributed by atoms with Crippen LogP contribution in [0, 0.1) is 11.7 Å². The van der Waals surface area contributed by atoms with Crippen LogP contribution in [0.5, 0.6) is 5.75 Å². The third kappa shape index (κ3) is 4.53. The van der Waals surface area contributed by atoms with Gasteiger partial charge in [0.1, 0.15) is 11.6 Å². The number of amides is 1. The van der Waals surface area contributed by atoms with Crippen LogP contribution < -0.4 is 10.1 Å². The summed E-state index contributed by atoms with van der Waals surface area (Å²) in [6.07, 6.45) is 0. The number of benzene rings is 1. The van der Waals surface area contributed by atoms with Crippen LogP contribution in [0.4, 0.5) is 4.39 Å². The highest BCUT2D eigenvalue weighted by Crippen LogP contribution is 2.20. The molecular formula is C13H17ClFNO2. The Hall–Kier alpha value is -1.29. The van der Waals surface area contributed by atoms with Crippen LogP contribution in [0.15, 0.2) is 18.2 Å². The second-order valence-electron chi connectivity index (χ2n) is 4.46. The molecule has 1 unspecified atom stereocenters. The standard InChI is InChI=1S/C13H17ClFNO2/c1-8(2)9(3)16-13(17)7-18-10-4-5-11(14)12(15)6-10/h4-6,8-9H,7H2,1-3H3,(H,16,17). The lowest BCUT2D eigenvalue weighted by Crippen LogP contribution is -2.38. The topological polar surface area (TPSA) is 38.3 Å². The van der Waals surface area contributed by atoms with Crippen molar-refractivity contribution in [2.24, 2.45) is 5.92 Å². The molecule has 0 aromatic heterocycles. The highest BCUT2D eigenvalue weighted by atomic mass is 35.5. The van der Waals surface area contributed by atoms with E-state index in [1.165, 1.54) is 12.1 Å². The molecule has 0 saturated carbocycles. The summed E-state index contributed by atoms with van der Waals surface area (Å²) >= 11 is 5.54. The molecule has 0 saturated heterocycles. The molecule has 100 valence electrons. The van der Waals surface area contributed by atoms with Gasteiger partial charge in [0.2, 0.25) is 0 Å². The summed E-state index contributed by atoms with van der Waals surface area (Å²) in [5.41, 5.74) is 0. The van der Waals surface area contributed by atoms with Crippen molar-refractivity contribution in [1.82, 2.24) is 5.32 Å². The van der Waals surface area contributed by atoms with Crippen molar-refractivity contribution >= 4 is 17.5 Å². The van der Waals surface area contributed by atoms with Gasteiger partial charge in [-0.15, -0.1) is 0 Å². The van der Waals surface area contributed by atoms with Gasteiger partial charge in [-0.05, 0) is 25.0 Å². The summed E-state index contributed by atoms with van der Waals surface area (Å²) in [6, 6.07) is 4.13. The maximum absolute atomic E-state index is 13.1. The minimum atomic E-state index is -0.565. The zero-order valence-electron chi connectivity index (χ0n) is 10.7. The van der Waals surface area contributed by atoms with Gasteiger partial charge in [-0.25, -0.2) is 4.39 Å². The van der Waals surface area contributed by atoms with Gasteiger partial charge in [0.15, 0.2) is 6.61 Å². The van der Waals surface area contributed by atoms with Gasteiger partial charge < -0.3 is 10.1 Å². The van der Waals surface area contributed by atoms with E-state index in [2.05, 4.69) is 5.32 Å². The molecule has 0 spiro atoms. The summed E-state index contributed by atoms with van der Waals surface area (Å²) in [6.45, 7) is 5.81. The minimum absolute atomic E-state index is 0.0280. The fraction of sp³-hybridized carbons (Fsp3) is 0.462. The predicted octanol–water partition coefficient (Wildman–Crippen LogP) is 3.02. The minimum Gasteiger partial charge on any atom is -0.484 e. The van der Waals surface area contributed by atoms with E-state index >= 15 is 0 Å². The molecule has 1 amide bonds. The van der Waals surface area contributed by atoms with Crippen LogP contribution in [0.3, 0.4) is 0 Å². The number of rotatable bonds is 5. The normalized spacial score (nSPS) is 12.3. The van der Waals surface area contributed by atoms with E-state index in [1.807, 2.05) is 20.8 Å². The zero-order chi connectivity index (χ0) is 13.7. The Balaban J connectivity index is 2.45. The van der Waals surface area contributed by atoms with E-state index in [0.717, 1.165) is 6.07 Å². The first-order chi connectivity index (χ1) is 8.40. The summed E-state index contributed by atoms with van der Waals surface area (Å²) < 4.78 is 18.3. The van der Waals surface area contributed by atoms with Gasteiger partial charge in [0.25, 0.3) is 5.91 Å². The number of ether oxygens (including phenoxy) is 1. The number of halogens is 2. The average molecular weight is 274 g/mol. The lowest BCUT2D eigenvalue weighted by Gasteiger charge is -2.17. The van der Waals surface area contributed by atoms with Crippen molar-refractivity contribution < 1.29 is 13.9 Å². The van der Waals surface area contributed by atoms with Gasteiger partial charge in [-0.3, -0.25) is 4.79 Å². The number of carbonyl (C=O) groups excluding carboxylic acids is 1. The van der Waals surface area contributed by atoms with Crippen LogP contribution in [0.25, 0.3) is 0 Å². The predicted molar refractivity (Wildman–Crippen MR) is 69.3 cm³/mol. The molecule has 0 aliphatic rings. The van der Waals surface area contributed by atoms with E-state index in [4.69, 9.17) is 16.3 Å². The van der Waals surface area contributed by atoms with Crippen molar-refractivity contribution in [3.63, 3.8) is 0 Å². The molecule has 1 aromatic carbocycles. The van der Waals surface area contributed by atoms with Crippen molar-refractivity contribution in [3.8, 4) is 5.75 Å². The van der Waals surface area contributed by atoms with Gasteiger partial charge in [-0.2, -0.15) is 0 Å². The molecule has 1 aromatic rings. The van der Waals surface area contributed by atoms with Gasteiger partial charge >= 0.3 is 0 Å². The summed E-state index contributed by atoms with van der Waals surface area (Å²) in [5.74, 6) is -0.164. The van der Waals surface area contributed by atoms with Gasteiger partial charge in [-0.1, -0.05) is 25.4 Å². The Morgan fingerprint density at radius 1 is 1.44 bits per heavy atom. The molecule has 0 heterocycles. The Labute approximate surface area is 111 Å². The molecule has 0 radical (unpaired) electrons. The number of nitrogens with one attached hydrogen (secondary N) is 1. The SMILES string of the molecule is CC(C)C(C)NC(=O)COc1ccc(Cl)c(F)c1. The number of hydrogen-bond acceptors (Lipinski definition) is 2. The van der Waals surface area contributed by atoms with Crippen molar-refractivity contribution in [2.45, 2.75) is 26.8 Å². The molecule has 0 aliphatic carbocycles. The summed E-state index contributed by atoms with van der Waals surface area (Å²) in [7, 11) is 0.